The molecule has 4 nitrogen and oxygen atoms in total. The zero-order valence-electron chi connectivity index (χ0n) is 9.56. The highest BCUT2D eigenvalue weighted by Gasteiger charge is 2.02. The zero-order valence-corrected chi connectivity index (χ0v) is 9.56. The Balaban J connectivity index is 3.66. The SMILES string of the molecule is CCN(CC=O)CCN(C)C/C=C/C=O. The van der Waals surface area contributed by atoms with Gasteiger partial charge < -0.3 is 9.69 Å². The minimum absolute atomic E-state index is 0.495. The summed E-state index contributed by atoms with van der Waals surface area (Å²) in [6.07, 6.45) is 5.02. The molecule has 0 aromatic heterocycles. The van der Waals surface area contributed by atoms with E-state index in [1.165, 1.54) is 6.08 Å². The maximum Gasteiger partial charge on any atom is 0.142 e. The first-order chi connectivity index (χ1) is 7.24. The first-order valence-electron chi connectivity index (χ1n) is 5.19. The monoisotopic (exact) mass is 212 g/mol. The van der Waals surface area contributed by atoms with Crippen LogP contribution < -0.4 is 0 Å². The van der Waals surface area contributed by atoms with Gasteiger partial charge in [-0.3, -0.25) is 9.69 Å². The van der Waals surface area contributed by atoms with Crippen molar-refractivity contribution in [1.82, 2.24) is 9.80 Å². The molecule has 0 unspecified atom stereocenters. The average molecular weight is 212 g/mol. The van der Waals surface area contributed by atoms with Crippen LogP contribution in [0.2, 0.25) is 0 Å². The van der Waals surface area contributed by atoms with Crippen molar-refractivity contribution in [3.05, 3.63) is 12.2 Å². The van der Waals surface area contributed by atoms with Gasteiger partial charge in [0.2, 0.25) is 0 Å². The van der Waals surface area contributed by atoms with Crippen LogP contribution in [-0.2, 0) is 9.59 Å². The Labute approximate surface area is 91.5 Å². The molecule has 0 aromatic rings. The number of hydrogen-bond acceptors (Lipinski definition) is 4. The topological polar surface area (TPSA) is 40.6 Å². The van der Waals surface area contributed by atoms with Gasteiger partial charge in [-0.25, -0.2) is 0 Å². The third-order valence-corrected chi connectivity index (χ3v) is 2.21. The second-order valence-electron chi connectivity index (χ2n) is 3.39. The lowest BCUT2D eigenvalue weighted by molar-refractivity contribution is -0.109. The molecule has 0 N–H and O–H groups in total. The molecule has 0 aromatic carbocycles. The van der Waals surface area contributed by atoms with E-state index in [2.05, 4.69) is 9.80 Å². The van der Waals surface area contributed by atoms with Crippen LogP contribution in [0.1, 0.15) is 6.92 Å². The lowest BCUT2D eigenvalue weighted by Gasteiger charge is -2.21. The van der Waals surface area contributed by atoms with Gasteiger partial charge in [-0.1, -0.05) is 13.0 Å². The molecule has 0 rings (SSSR count). The van der Waals surface area contributed by atoms with Crippen molar-refractivity contribution in [2.24, 2.45) is 0 Å². The highest BCUT2D eigenvalue weighted by molar-refractivity contribution is 5.64. The first kappa shape index (κ1) is 14.0. The van der Waals surface area contributed by atoms with Crippen molar-refractivity contribution in [3.8, 4) is 0 Å². The first-order valence-corrected chi connectivity index (χ1v) is 5.19. The fourth-order valence-corrected chi connectivity index (χ4v) is 1.18. The van der Waals surface area contributed by atoms with Crippen molar-refractivity contribution in [2.75, 3.05) is 39.8 Å². The Morgan fingerprint density at radius 3 is 2.40 bits per heavy atom. The fraction of sp³-hybridized carbons (Fsp3) is 0.636. The number of carbonyl (C=O) groups is 2. The largest absolute Gasteiger partial charge is 0.302 e. The predicted octanol–water partition coefficient (Wildman–Crippen LogP) is 0.194. The van der Waals surface area contributed by atoms with Gasteiger partial charge >= 0.3 is 0 Å². The van der Waals surface area contributed by atoms with E-state index in [0.717, 1.165) is 38.8 Å². The van der Waals surface area contributed by atoms with Gasteiger partial charge in [-0.05, 0) is 19.7 Å². The van der Waals surface area contributed by atoms with Crippen molar-refractivity contribution in [3.63, 3.8) is 0 Å². The van der Waals surface area contributed by atoms with Crippen LogP contribution in [0.3, 0.4) is 0 Å². The minimum atomic E-state index is 0.495. The van der Waals surface area contributed by atoms with Crippen LogP contribution in [0, 0.1) is 0 Å². The molecule has 0 heterocycles. The summed E-state index contributed by atoms with van der Waals surface area (Å²) in [5.74, 6) is 0. The summed E-state index contributed by atoms with van der Waals surface area (Å²) >= 11 is 0. The molecular weight excluding hydrogens is 192 g/mol. The Kier molecular flexibility index (Phi) is 8.91. The summed E-state index contributed by atoms with van der Waals surface area (Å²) < 4.78 is 0. The van der Waals surface area contributed by atoms with Gasteiger partial charge in [0, 0.05) is 19.6 Å². The second kappa shape index (κ2) is 9.55. The Bertz CT molecular complexity index is 205. The van der Waals surface area contributed by atoms with Gasteiger partial charge in [0.1, 0.15) is 12.6 Å². The summed E-state index contributed by atoms with van der Waals surface area (Å²) in [7, 11) is 1.99. The number of carbonyl (C=O) groups excluding carboxylic acids is 2. The molecule has 0 spiro atoms. The molecule has 0 aliphatic rings. The molecule has 0 amide bonds. The van der Waals surface area contributed by atoms with Crippen LogP contribution in [0.25, 0.3) is 0 Å². The van der Waals surface area contributed by atoms with E-state index in [9.17, 15) is 9.59 Å². The normalized spacial score (nSPS) is 11.5. The van der Waals surface area contributed by atoms with Crippen LogP contribution >= 0.6 is 0 Å². The molecule has 0 saturated heterocycles. The van der Waals surface area contributed by atoms with Crippen molar-refractivity contribution >= 4 is 12.6 Å². The van der Waals surface area contributed by atoms with E-state index in [4.69, 9.17) is 0 Å². The fourth-order valence-electron chi connectivity index (χ4n) is 1.18. The van der Waals surface area contributed by atoms with Crippen LogP contribution in [0.5, 0.6) is 0 Å². The second-order valence-corrected chi connectivity index (χ2v) is 3.39. The number of allylic oxidation sites excluding steroid dienone is 1. The lowest BCUT2D eigenvalue weighted by Crippen LogP contribution is -2.34. The molecule has 15 heavy (non-hydrogen) atoms. The smallest absolute Gasteiger partial charge is 0.142 e. The summed E-state index contributed by atoms with van der Waals surface area (Å²) in [5, 5.41) is 0. The van der Waals surface area contributed by atoms with Gasteiger partial charge in [-0.2, -0.15) is 0 Å². The van der Waals surface area contributed by atoms with Gasteiger partial charge in [0.05, 0.1) is 6.54 Å². The van der Waals surface area contributed by atoms with Crippen molar-refractivity contribution in [1.29, 1.82) is 0 Å². The summed E-state index contributed by atoms with van der Waals surface area (Å²) in [6.45, 7) is 5.95. The van der Waals surface area contributed by atoms with E-state index in [0.29, 0.717) is 6.54 Å². The molecular formula is C11H20N2O2. The summed E-state index contributed by atoms with van der Waals surface area (Å²) in [4.78, 5) is 24.5. The molecule has 0 bridgehead atoms. The van der Waals surface area contributed by atoms with Crippen molar-refractivity contribution in [2.45, 2.75) is 6.92 Å². The number of aldehydes is 2. The van der Waals surface area contributed by atoms with Gasteiger partial charge in [-0.15, -0.1) is 0 Å². The number of likely N-dealkylation sites (N-methyl/N-ethyl adjacent to an activating group) is 2. The number of hydrogen-bond donors (Lipinski definition) is 0. The lowest BCUT2D eigenvalue weighted by atomic mass is 10.4. The average Bonchev–Trinajstić information content (AvgIpc) is 2.24. The molecule has 0 saturated carbocycles. The zero-order chi connectivity index (χ0) is 11.5. The molecule has 0 aliphatic carbocycles. The predicted molar refractivity (Wildman–Crippen MR) is 60.9 cm³/mol. The van der Waals surface area contributed by atoms with E-state index in [1.54, 1.807) is 0 Å². The highest BCUT2D eigenvalue weighted by Crippen LogP contribution is 1.89. The standard InChI is InChI=1S/C11H20N2O2/c1-3-13(9-11-15)8-7-12(2)6-4-5-10-14/h4-5,10-11H,3,6-9H2,1-2H3/b5-4+. The summed E-state index contributed by atoms with van der Waals surface area (Å²) in [6, 6.07) is 0. The van der Waals surface area contributed by atoms with E-state index >= 15 is 0 Å². The summed E-state index contributed by atoms with van der Waals surface area (Å²) in [5.41, 5.74) is 0. The van der Waals surface area contributed by atoms with Gasteiger partial charge in [0.15, 0.2) is 0 Å². The quantitative estimate of drug-likeness (QED) is 0.404. The van der Waals surface area contributed by atoms with E-state index < -0.39 is 0 Å². The molecule has 0 radical (unpaired) electrons. The maximum atomic E-state index is 10.3. The third kappa shape index (κ3) is 8.03. The van der Waals surface area contributed by atoms with Crippen LogP contribution in [0.15, 0.2) is 12.2 Å². The number of nitrogens with zero attached hydrogens (tertiary/aromatic N) is 2. The Hall–Kier alpha value is -1.00. The number of rotatable bonds is 9. The maximum absolute atomic E-state index is 10.3. The minimum Gasteiger partial charge on any atom is -0.302 e. The molecule has 86 valence electrons. The van der Waals surface area contributed by atoms with Crippen molar-refractivity contribution < 1.29 is 9.59 Å². The van der Waals surface area contributed by atoms with E-state index in [-0.39, 0.29) is 0 Å². The van der Waals surface area contributed by atoms with E-state index in [1.807, 2.05) is 20.0 Å². The Morgan fingerprint density at radius 2 is 1.87 bits per heavy atom. The van der Waals surface area contributed by atoms with Crippen LogP contribution in [0.4, 0.5) is 0 Å². The molecule has 0 aliphatic heterocycles. The Morgan fingerprint density at radius 1 is 1.13 bits per heavy atom. The molecule has 0 fully saturated rings. The molecule has 4 heteroatoms. The third-order valence-electron chi connectivity index (χ3n) is 2.21. The van der Waals surface area contributed by atoms with Crippen LogP contribution in [-0.4, -0.2) is 62.1 Å². The van der Waals surface area contributed by atoms with Gasteiger partial charge in [0.25, 0.3) is 0 Å². The highest BCUT2D eigenvalue weighted by atomic mass is 16.1. The molecule has 0 atom stereocenters.